The maximum atomic E-state index is 9.13. The van der Waals surface area contributed by atoms with Crippen LogP contribution in [0.15, 0.2) is 24.3 Å². The van der Waals surface area contributed by atoms with Crippen molar-refractivity contribution in [1.82, 2.24) is 0 Å². The molecular formula is C14H21N3O. The number of amidine groups is 1. The number of rotatable bonds is 4. The van der Waals surface area contributed by atoms with Crippen molar-refractivity contribution in [1.29, 1.82) is 5.41 Å². The van der Waals surface area contributed by atoms with Gasteiger partial charge in [-0.25, -0.2) is 0 Å². The van der Waals surface area contributed by atoms with Gasteiger partial charge in [0.15, 0.2) is 0 Å². The Morgan fingerprint density at radius 3 is 2.67 bits per heavy atom. The number of hydrogen-bond donors (Lipinski definition) is 3. The van der Waals surface area contributed by atoms with Gasteiger partial charge in [0.1, 0.15) is 5.84 Å². The fourth-order valence-electron chi connectivity index (χ4n) is 2.62. The third kappa shape index (κ3) is 2.82. The Morgan fingerprint density at radius 1 is 1.33 bits per heavy atom. The van der Waals surface area contributed by atoms with Crippen LogP contribution in [0, 0.1) is 5.41 Å². The highest BCUT2D eigenvalue weighted by molar-refractivity contribution is 5.95. The molecule has 4 nitrogen and oxygen atoms in total. The number of anilines is 1. The third-order valence-electron chi connectivity index (χ3n) is 3.60. The molecule has 2 rings (SSSR count). The van der Waals surface area contributed by atoms with Gasteiger partial charge in [-0.05, 0) is 49.9 Å². The summed E-state index contributed by atoms with van der Waals surface area (Å²) in [6.45, 7) is 1.29. The minimum atomic E-state index is 0.104. The van der Waals surface area contributed by atoms with Crippen LogP contribution in [0.1, 0.15) is 31.2 Å². The standard InChI is InChI=1S/C14H21N3O/c15-14(16)11-4-6-13(7-5-11)17-9-2-1-3-12(17)8-10-18/h4-7,12,18H,1-3,8-10H2,(H3,15,16). The van der Waals surface area contributed by atoms with Gasteiger partial charge >= 0.3 is 0 Å². The second-order valence-electron chi connectivity index (χ2n) is 4.82. The van der Waals surface area contributed by atoms with Gasteiger partial charge in [0, 0.05) is 30.4 Å². The van der Waals surface area contributed by atoms with Gasteiger partial charge in [0.05, 0.1) is 0 Å². The van der Waals surface area contributed by atoms with Gasteiger partial charge in [-0.15, -0.1) is 0 Å². The van der Waals surface area contributed by atoms with Gasteiger partial charge in [-0.1, -0.05) is 0 Å². The SMILES string of the molecule is N=C(N)c1ccc(N2CCCCC2CCO)cc1. The number of nitrogens with two attached hydrogens (primary N) is 1. The number of piperidine rings is 1. The summed E-state index contributed by atoms with van der Waals surface area (Å²) in [6.07, 6.45) is 4.42. The van der Waals surface area contributed by atoms with Crippen molar-refractivity contribution >= 4 is 11.5 Å². The van der Waals surface area contributed by atoms with Crippen LogP contribution in [0.4, 0.5) is 5.69 Å². The molecule has 0 saturated carbocycles. The zero-order chi connectivity index (χ0) is 13.0. The first-order valence-corrected chi connectivity index (χ1v) is 6.54. The van der Waals surface area contributed by atoms with E-state index in [4.69, 9.17) is 16.2 Å². The summed E-state index contributed by atoms with van der Waals surface area (Å²) in [5.41, 5.74) is 7.38. The number of aliphatic hydroxyl groups is 1. The molecule has 0 bridgehead atoms. The van der Waals surface area contributed by atoms with E-state index in [1.165, 1.54) is 12.8 Å². The van der Waals surface area contributed by atoms with Crippen LogP contribution in [0.3, 0.4) is 0 Å². The molecule has 0 radical (unpaired) electrons. The Labute approximate surface area is 108 Å². The van der Waals surface area contributed by atoms with Crippen molar-refractivity contribution in [2.45, 2.75) is 31.7 Å². The number of benzene rings is 1. The summed E-state index contributed by atoms with van der Waals surface area (Å²) in [5.74, 6) is 0.104. The number of nitrogen functional groups attached to an aromatic ring is 1. The first-order valence-electron chi connectivity index (χ1n) is 6.54. The van der Waals surface area contributed by atoms with E-state index in [2.05, 4.69) is 4.90 Å². The molecule has 4 heteroatoms. The lowest BCUT2D eigenvalue weighted by atomic mass is 9.98. The van der Waals surface area contributed by atoms with E-state index in [1.54, 1.807) is 0 Å². The van der Waals surface area contributed by atoms with Crippen LogP contribution in [0.5, 0.6) is 0 Å². The maximum absolute atomic E-state index is 9.13. The highest BCUT2D eigenvalue weighted by atomic mass is 16.3. The van der Waals surface area contributed by atoms with Crippen LogP contribution < -0.4 is 10.6 Å². The molecule has 1 aliphatic rings. The summed E-state index contributed by atoms with van der Waals surface area (Å²) in [4.78, 5) is 2.36. The number of aliphatic hydroxyl groups excluding tert-OH is 1. The van der Waals surface area contributed by atoms with Gasteiger partial charge < -0.3 is 15.7 Å². The van der Waals surface area contributed by atoms with Crippen LogP contribution in [-0.4, -0.2) is 30.1 Å². The molecule has 1 saturated heterocycles. The van der Waals surface area contributed by atoms with Crippen LogP contribution in [-0.2, 0) is 0 Å². The minimum absolute atomic E-state index is 0.104. The molecule has 1 aromatic carbocycles. The predicted molar refractivity (Wildman–Crippen MR) is 74.1 cm³/mol. The average molecular weight is 247 g/mol. The molecule has 0 aliphatic carbocycles. The van der Waals surface area contributed by atoms with E-state index < -0.39 is 0 Å². The second kappa shape index (κ2) is 5.87. The lowest BCUT2D eigenvalue weighted by molar-refractivity contribution is 0.262. The second-order valence-corrected chi connectivity index (χ2v) is 4.82. The number of nitrogens with zero attached hydrogens (tertiary/aromatic N) is 1. The molecule has 1 unspecified atom stereocenters. The zero-order valence-electron chi connectivity index (χ0n) is 10.6. The van der Waals surface area contributed by atoms with Gasteiger partial charge in [0.2, 0.25) is 0 Å². The predicted octanol–water partition coefficient (Wildman–Crippen LogP) is 1.71. The quantitative estimate of drug-likeness (QED) is 0.560. The summed E-state index contributed by atoms with van der Waals surface area (Å²) in [5, 5.41) is 16.5. The average Bonchev–Trinajstić information content (AvgIpc) is 2.40. The fourth-order valence-corrected chi connectivity index (χ4v) is 2.62. The highest BCUT2D eigenvalue weighted by Crippen LogP contribution is 2.26. The molecule has 1 fully saturated rings. The molecule has 1 atom stereocenters. The Bertz CT molecular complexity index is 400. The van der Waals surface area contributed by atoms with E-state index in [9.17, 15) is 0 Å². The van der Waals surface area contributed by atoms with Crippen molar-refractivity contribution in [2.75, 3.05) is 18.1 Å². The van der Waals surface area contributed by atoms with Crippen molar-refractivity contribution in [3.8, 4) is 0 Å². The van der Waals surface area contributed by atoms with Crippen LogP contribution >= 0.6 is 0 Å². The lowest BCUT2D eigenvalue weighted by Crippen LogP contribution is -2.40. The molecule has 1 aliphatic heterocycles. The summed E-state index contributed by atoms with van der Waals surface area (Å²) < 4.78 is 0. The summed E-state index contributed by atoms with van der Waals surface area (Å²) in [6, 6.07) is 8.26. The highest BCUT2D eigenvalue weighted by Gasteiger charge is 2.21. The molecule has 98 valence electrons. The number of hydrogen-bond acceptors (Lipinski definition) is 3. The minimum Gasteiger partial charge on any atom is -0.396 e. The third-order valence-corrected chi connectivity index (χ3v) is 3.60. The van der Waals surface area contributed by atoms with Crippen molar-refractivity contribution < 1.29 is 5.11 Å². The Kier molecular flexibility index (Phi) is 4.20. The molecule has 18 heavy (non-hydrogen) atoms. The van der Waals surface area contributed by atoms with Gasteiger partial charge in [-0.3, -0.25) is 5.41 Å². The maximum Gasteiger partial charge on any atom is 0.122 e. The lowest BCUT2D eigenvalue weighted by Gasteiger charge is -2.37. The van der Waals surface area contributed by atoms with Crippen LogP contribution in [0.2, 0.25) is 0 Å². The first-order chi connectivity index (χ1) is 8.72. The number of nitrogens with one attached hydrogen (secondary N) is 1. The first kappa shape index (κ1) is 12.9. The molecule has 1 heterocycles. The van der Waals surface area contributed by atoms with E-state index in [0.29, 0.717) is 6.04 Å². The molecule has 0 aromatic heterocycles. The van der Waals surface area contributed by atoms with Crippen molar-refractivity contribution in [3.63, 3.8) is 0 Å². The van der Waals surface area contributed by atoms with Crippen molar-refractivity contribution in [3.05, 3.63) is 29.8 Å². The van der Waals surface area contributed by atoms with E-state index >= 15 is 0 Å². The summed E-state index contributed by atoms with van der Waals surface area (Å²) in [7, 11) is 0. The normalized spacial score (nSPS) is 19.8. The monoisotopic (exact) mass is 247 g/mol. The molecular weight excluding hydrogens is 226 g/mol. The molecule has 1 aromatic rings. The van der Waals surface area contributed by atoms with E-state index in [0.717, 1.165) is 30.6 Å². The van der Waals surface area contributed by atoms with Gasteiger partial charge in [0.25, 0.3) is 0 Å². The Balaban J connectivity index is 2.15. The van der Waals surface area contributed by atoms with E-state index in [-0.39, 0.29) is 12.4 Å². The van der Waals surface area contributed by atoms with Crippen molar-refractivity contribution in [2.24, 2.45) is 5.73 Å². The smallest absolute Gasteiger partial charge is 0.122 e. The largest absolute Gasteiger partial charge is 0.396 e. The zero-order valence-corrected chi connectivity index (χ0v) is 10.6. The van der Waals surface area contributed by atoms with E-state index in [1.807, 2.05) is 24.3 Å². The summed E-state index contributed by atoms with van der Waals surface area (Å²) >= 11 is 0. The van der Waals surface area contributed by atoms with Crippen LogP contribution in [0.25, 0.3) is 0 Å². The molecule has 0 amide bonds. The molecule has 4 N–H and O–H groups in total. The Hall–Kier alpha value is -1.55. The van der Waals surface area contributed by atoms with Gasteiger partial charge in [-0.2, -0.15) is 0 Å². The molecule has 0 spiro atoms. The Morgan fingerprint density at radius 2 is 2.06 bits per heavy atom. The fraction of sp³-hybridized carbons (Fsp3) is 0.500. The topological polar surface area (TPSA) is 73.3 Å².